The van der Waals surface area contributed by atoms with Crippen LogP contribution in [-0.4, -0.2) is 72.3 Å². The summed E-state index contributed by atoms with van der Waals surface area (Å²) in [5.41, 5.74) is 3.73. The van der Waals surface area contributed by atoms with Gasteiger partial charge < -0.3 is 24.4 Å². The van der Waals surface area contributed by atoms with Crippen LogP contribution in [0.1, 0.15) is 54.5 Å². The highest BCUT2D eigenvalue weighted by atomic mass is 32.2. The Balaban J connectivity index is 1.53. The van der Waals surface area contributed by atoms with Gasteiger partial charge in [0, 0.05) is 37.2 Å². The second-order valence-electron chi connectivity index (χ2n) is 11.4. The molecule has 1 saturated heterocycles. The summed E-state index contributed by atoms with van der Waals surface area (Å²) in [6, 6.07) is 11.2. The van der Waals surface area contributed by atoms with E-state index in [1.807, 2.05) is 25.3 Å². The van der Waals surface area contributed by atoms with Crippen molar-refractivity contribution in [3.8, 4) is 17.4 Å². The van der Waals surface area contributed by atoms with Crippen molar-refractivity contribution in [3.63, 3.8) is 0 Å². The fourth-order valence-corrected chi connectivity index (χ4v) is 5.06. The Kier molecular flexibility index (Phi) is 10.1. The molecule has 4 rings (SSSR count). The molecule has 1 aliphatic rings. The number of amides is 1. The zero-order valence-electron chi connectivity index (χ0n) is 25.2. The molecule has 10 heteroatoms. The van der Waals surface area contributed by atoms with Gasteiger partial charge in [0.2, 0.25) is 5.88 Å². The van der Waals surface area contributed by atoms with Gasteiger partial charge in [-0.1, -0.05) is 38.8 Å². The summed E-state index contributed by atoms with van der Waals surface area (Å²) in [7, 11) is 3.76. The molecule has 0 unspecified atom stereocenters. The number of methoxy groups -OCH3 is 1. The molecular formula is C31H42N6O3S. The number of ether oxygens (including phenoxy) is 2. The molecule has 0 spiro atoms. The van der Waals surface area contributed by atoms with Crippen LogP contribution in [0.15, 0.2) is 42.6 Å². The van der Waals surface area contributed by atoms with Crippen LogP contribution in [0.4, 0.5) is 11.4 Å². The smallest absolute Gasteiger partial charge is 0.255 e. The highest BCUT2D eigenvalue weighted by Crippen LogP contribution is 2.40. The number of rotatable bonds is 9. The number of hydrogen-bond donors (Lipinski definition) is 2. The topological polar surface area (TPSA) is 91.8 Å². The van der Waals surface area contributed by atoms with Gasteiger partial charge in [0.15, 0.2) is 5.75 Å². The van der Waals surface area contributed by atoms with Crippen LogP contribution < -0.4 is 19.5 Å². The van der Waals surface area contributed by atoms with Gasteiger partial charge in [-0.25, -0.2) is 4.98 Å². The fraction of sp³-hybridized carbons (Fsp3) is 0.452. The third-order valence-corrected chi connectivity index (χ3v) is 7.57. The van der Waals surface area contributed by atoms with Crippen molar-refractivity contribution < 1.29 is 14.3 Å². The van der Waals surface area contributed by atoms with Gasteiger partial charge in [-0.05, 0) is 74.3 Å². The summed E-state index contributed by atoms with van der Waals surface area (Å²) in [4.78, 5) is 27.3. The number of nitrogens with one attached hydrogen (secondary N) is 2. The Morgan fingerprint density at radius 2 is 1.85 bits per heavy atom. The van der Waals surface area contributed by atoms with Crippen LogP contribution in [0.3, 0.4) is 0 Å². The van der Waals surface area contributed by atoms with Crippen molar-refractivity contribution >= 4 is 29.2 Å². The predicted molar refractivity (Wildman–Crippen MR) is 167 cm³/mol. The Morgan fingerprint density at radius 1 is 1.07 bits per heavy atom. The molecule has 1 amide bonds. The number of aryl methyl sites for hydroxylation is 1. The number of aromatic nitrogens is 2. The van der Waals surface area contributed by atoms with E-state index in [-0.39, 0.29) is 11.3 Å². The average Bonchev–Trinajstić information content (AvgIpc) is 3.13. The van der Waals surface area contributed by atoms with E-state index >= 15 is 0 Å². The first kappa shape index (κ1) is 30.6. The predicted octanol–water partition coefficient (Wildman–Crippen LogP) is 5.96. The molecule has 1 fully saturated rings. The Bertz CT molecular complexity index is 1360. The Hall–Kier alpha value is -3.34. The Labute approximate surface area is 248 Å². The van der Waals surface area contributed by atoms with E-state index < -0.39 is 0 Å². The maximum absolute atomic E-state index is 13.5. The van der Waals surface area contributed by atoms with Crippen LogP contribution >= 0.6 is 11.9 Å². The highest BCUT2D eigenvalue weighted by molar-refractivity contribution is 7.99. The van der Waals surface area contributed by atoms with Crippen molar-refractivity contribution in [3.05, 3.63) is 65.1 Å². The zero-order valence-corrected chi connectivity index (χ0v) is 26.0. The average molecular weight is 579 g/mol. The zero-order chi connectivity index (χ0) is 29.6. The quantitative estimate of drug-likeness (QED) is 0.298. The minimum atomic E-state index is -0.260. The van der Waals surface area contributed by atoms with Gasteiger partial charge in [0.05, 0.1) is 25.0 Å². The van der Waals surface area contributed by atoms with Crippen molar-refractivity contribution in [2.45, 2.75) is 46.1 Å². The van der Waals surface area contributed by atoms with Crippen molar-refractivity contribution in [2.24, 2.45) is 0 Å². The van der Waals surface area contributed by atoms with Gasteiger partial charge in [-0.2, -0.15) is 4.98 Å². The molecule has 2 heterocycles. The van der Waals surface area contributed by atoms with Gasteiger partial charge >= 0.3 is 0 Å². The first-order valence-corrected chi connectivity index (χ1v) is 15.1. The van der Waals surface area contributed by atoms with E-state index in [0.29, 0.717) is 35.2 Å². The number of likely N-dealkylation sites (N-methyl/N-ethyl adjacent to an activating group) is 1. The molecule has 2 N–H and O–H groups in total. The summed E-state index contributed by atoms with van der Waals surface area (Å²) in [6.07, 6.45) is 4.80. The first-order chi connectivity index (χ1) is 19.6. The molecule has 1 aromatic heterocycles. The van der Waals surface area contributed by atoms with Crippen LogP contribution in [0, 0.1) is 6.92 Å². The van der Waals surface area contributed by atoms with Crippen molar-refractivity contribution in [2.75, 3.05) is 56.6 Å². The van der Waals surface area contributed by atoms with E-state index in [2.05, 4.69) is 63.7 Å². The standard InChI is InChI=1S/C31H42N6O3S/c1-21-9-10-22(30(38)33-24-18-23(31(2,3)4)19-25(35-41-7)29(24)39-6)17-26(21)40-28-11-12-32-27(34-28)20-37-14-8-13-36(5)15-16-37/h9-12,17-19,35H,8,13-16,20H2,1-7H3,(H,33,38). The molecular weight excluding hydrogens is 536 g/mol. The van der Waals surface area contributed by atoms with Crippen LogP contribution in [0.5, 0.6) is 17.4 Å². The summed E-state index contributed by atoms with van der Waals surface area (Å²) < 4.78 is 15.2. The lowest BCUT2D eigenvalue weighted by molar-refractivity contribution is 0.102. The monoisotopic (exact) mass is 578 g/mol. The lowest BCUT2D eigenvalue weighted by atomic mass is 9.86. The minimum Gasteiger partial charge on any atom is -0.492 e. The summed E-state index contributed by atoms with van der Waals surface area (Å²) in [5.74, 6) is 2.06. The number of nitrogens with zero attached hydrogens (tertiary/aromatic N) is 4. The van der Waals surface area contributed by atoms with E-state index in [9.17, 15) is 4.79 Å². The normalized spacial score (nSPS) is 14.8. The number of benzene rings is 2. The maximum Gasteiger partial charge on any atom is 0.255 e. The molecule has 9 nitrogen and oxygen atoms in total. The molecule has 0 radical (unpaired) electrons. The molecule has 1 aliphatic heterocycles. The maximum atomic E-state index is 13.5. The molecule has 0 aliphatic carbocycles. The third-order valence-electron chi connectivity index (χ3n) is 7.14. The molecule has 0 bridgehead atoms. The van der Waals surface area contributed by atoms with Gasteiger partial charge in [-0.15, -0.1) is 0 Å². The number of hydrogen-bond acceptors (Lipinski definition) is 9. The second kappa shape index (κ2) is 13.5. The molecule has 220 valence electrons. The summed E-state index contributed by atoms with van der Waals surface area (Å²) in [5, 5.41) is 3.06. The molecule has 2 aromatic carbocycles. The largest absolute Gasteiger partial charge is 0.492 e. The third kappa shape index (κ3) is 8.12. The van der Waals surface area contributed by atoms with Crippen molar-refractivity contribution in [1.82, 2.24) is 19.8 Å². The van der Waals surface area contributed by atoms with E-state index in [1.165, 1.54) is 11.9 Å². The van der Waals surface area contributed by atoms with E-state index in [1.54, 1.807) is 31.5 Å². The van der Waals surface area contributed by atoms with Gasteiger partial charge in [-0.3, -0.25) is 9.69 Å². The summed E-state index contributed by atoms with van der Waals surface area (Å²) >= 11 is 1.47. The SMILES string of the molecule is COc1c(NSC)cc(C(C)(C)C)cc1NC(=O)c1ccc(C)c(Oc2ccnc(CN3CCCN(C)CC3)n2)c1. The van der Waals surface area contributed by atoms with Crippen molar-refractivity contribution in [1.29, 1.82) is 0 Å². The molecule has 0 saturated carbocycles. The van der Waals surface area contributed by atoms with Crippen LogP contribution in [-0.2, 0) is 12.0 Å². The number of anilines is 2. The van der Waals surface area contributed by atoms with Gasteiger partial charge in [0.1, 0.15) is 11.6 Å². The fourth-order valence-electron chi connectivity index (χ4n) is 4.69. The van der Waals surface area contributed by atoms with Gasteiger partial charge in [0.25, 0.3) is 5.91 Å². The van der Waals surface area contributed by atoms with Crippen LogP contribution in [0.2, 0.25) is 0 Å². The Morgan fingerprint density at radius 3 is 2.59 bits per heavy atom. The minimum absolute atomic E-state index is 0.120. The molecule has 41 heavy (non-hydrogen) atoms. The first-order valence-electron chi connectivity index (χ1n) is 13.9. The number of carbonyl (C=O) groups excluding carboxylic acids is 1. The van der Waals surface area contributed by atoms with E-state index in [4.69, 9.17) is 9.47 Å². The van der Waals surface area contributed by atoms with Crippen LogP contribution in [0.25, 0.3) is 0 Å². The second-order valence-corrected chi connectivity index (χ2v) is 12.1. The molecule has 0 atom stereocenters. The number of carbonyl (C=O) groups is 1. The lowest BCUT2D eigenvalue weighted by Crippen LogP contribution is -2.29. The lowest BCUT2D eigenvalue weighted by Gasteiger charge is -2.24. The van der Waals surface area contributed by atoms with E-state index in [0.717, 1.165) is 55.2 Å². The summed E-state index contributed by atoms with van der Waals surface area (Å²) in [6.45, 7) is 13.2. The highest BCUT2D eigenvalue weighted by Gasteiger charge is 2.22. The molecule has 3 aromatic rings.